The third-order valence-electron chi connectivity index (χ3n) is 2.17. The van der Waals surface area contributed by atoms with Crippen LogP contribution in [0.5, 0.6) is 0 Å². The van der Waals surface area contributed by atoms with Crippen molar-refractivity contribution in [3.05, 3.63) is 28.5 Å². The van der Waals surface area contributed by atoms with Crippen LogP contribution >= 0.6 is 15.9 Å². The Bertz CT molecular complexity index is 533. The Morgan fingerprint density at radius 2 is 2.11 bits per heavy atom. The van der Waals surface area contributed by atoms with E-state index in [1.165, 1.54) is 6.92 Å². The molecule has 5 nitrogen and oxygen atoms in total. The summed E-state index contributed by atoms with van der Waals surface area (Å²) in [6.07, 6.45) is 0. The fourth-order valence-corrected chi connectivity index (χ4v) is 3.29. The largest absolute Gasteiger partial charge is 0.393 e. The summed E-state index contributed by atoms with van der Waals surface area (Å²) in [7, 11) is -3.89. The van der Waals surface area contributed by atoms with E-state index in [1.54, 1.807) is 0 Å². The summed E-state index contributed by atoms with van der Waals surface area (Å²) in [5.41, 5.74) is -1.56. The van der Waals surface area contributed by atoms with Crippen molar-refractivity contribution in [1.82, 2.24) is 4.72 Å². The molecule has 0 aliphatic heterocycles. The molecule has 0 saturated heterocycles. The Morgan fingerprint density at radius 3 is 2.61 bits per heavy atom. The van der Waals surface area contributed by atoms with Gasteiger partial charge >= 0.3 is 0 Å². The van der Waals surface area contributed by atoms with Gasteiger partial charge in [0.25, 0.3) is 0 Å². The van der Waals surface area contributed by atoms with Gasteiger partial charge < -0.3 is 10.2 Å². The van der Waals surface area contributed by atoms with Crippen LogP contribution in [0, 0.1) is 5.82 Å². The monoisotopic (exact) mass is 341 g/mol. The third-order valence-corrected chi connectivity index (χ3v) is 4.55. The molecule has 102 valence electrons. The molecule has 0 aromatic heterocycles. The first-order chi connectivity index (χ1) is 8.18. The Labute approximate surface area is 113 Å². The van der Waals surface area contributed by atoms with Gasteiger partial charge in [0.05, 0.1) is 17.1 Å². The molecule has 0 amide bonds. The van der Waals surface area contributed by atoms with Gasteiger partial charge in [-0.3, -0.25) is 0 Å². The van der Waals surface area contributed by atoms with Crippen LogP contribution in [0.4, 0.5) is 4.39 Å². The van der Waals surface area contributed by atoms with E-state index in [9.17, 15) is 17.9 Å². The van der Waals surface area contributed by atoms with Crippen LogP contribution in [0.2, 0.25) is 0 Å². The molecule has 0 radical (unpaired) electrons. The van der Waals surface area contributed by atoms with Gasteiger partial charge in [-0.25, -0.2) is 17.5 Å². The number of hydrogen-bond acceptors (Lipinski definition) is 4. The fraction of sp³-hybridized carbons (Fsp3) is 0.400. The predicted octanol–water partition coefficient (Wildman–Crippen LogP) is 0.610. The normalized spacial score (nSPS) is 15.4. The zero-order chi connectivity index (χ0) is 14.0. The van der Waals surface area contributed by atoms with E-state index in [-0.39, 0.29) is 15.9 Å². The second-order valence-corrected chi connectivity index (χ2v) is 6.64. The first-order valence-electron chi connectivity index (χ1n) is 4.96. The number of nitrogens with one attached hydrogen (secondary N) is 1. The second-order valence-electron chi connectivity index (χ2n) is 4.05. The minimum absolute atomic E-state index is 0.0821. The highest BCUT2D eigenvalue weighted by Gasteiger charge is 2.24. The summed E-state index contributed by atoms with van der Waals surface area (Å²) < 4.78 is 38.8. The molecule has 0 bridgehead atoms. The lowest BCUT2D eigenvalue weighted by molar-refractivity contribution is 0.00681. The predicted molar refractivity (Wildman–Crippen MR) is 67.0 cm³/mol. The summed E-state index contributed by atoms with van der Waals surface area (Å²) in [4.78, 5) is -0.141. The van der Waals surface area contributed by atoms with E-state index in [4.69, 9.17) is 5.11 Å². The zero-order valence-corrected chi connectivity index (χ0v) is 11.9. The Morgan fingerprint density at radius 1 is 1.50 bits per heavy atom. The lowest BCUT2D eigenvalue weighted by Crippen LogP contribution is -2.43. The minimum Gasteiger partial charge on any atom is -0.393 e. The van der Waals surface area contributed by atoms with Crippen molar-refractivity contribution in [2.24, 2.45) is 0 Å². The zero-order valence-electron chi connectivity index (χ0n) is 9.52. The van der Waals surface area contributed by atoms with E-state index in [1.807, 2.05) is 0 Å². The van der Waals surface area contributed by atoms with Crippen LogP contribution < -0.4 is 4.72 Å². The van der Waals surface area contributed by atoms with Crippen molar-refractivity contribution in [3.8, 4) is 0 Å². The maximum absolute atomic E-state index is 12.8. The average molecular weight is 342 g/mol. The maximum atomic E-state index is 12.8. The molecule has 0 heterocycles. The molecule has 0 spiro atoms. The molecule has 0 aliphatic carbocycles. The number of hydrogen-bond donors (Lipinski definition) is 3. The summed E-state index contributed by atoms with van der Waals surface area (Å²) in [5.74, 6) is -0.567. The molecule has 1 aromatic rings. The van der Waals surface area contributed by atoms with Gasteiger partial charge in [-0.05, 0) is 41.1 Å². The van der Waals surface area contributed by atoms with Gasteiger partial charge in [-0.1, -0.05) is 0 Å². The van der Waals surface area contributed by atoms with Crippen LogP contribution in [-0.2, 0) is 10.0 Å². The number of benzene rings is 1. The Hall–Kier alpha value is -0.540. The first kappa shape index (κ1) is 15.5. The summed E-state index contributed by atoms with van der Waals surface area (Å²) in [5, 5.41) is 18.3. The number of aliphatic hydroxyl groups excluding tert-OH is 1. The van der Waals surface area contributed by atoms with Crippen LogP contribution in [0.1, 0.15) is 6.92 Å². The summed E-state index contributed by atoms with van der Waals surface area (Å²) in [6.45, 7) is 0.352. The molecule has 0 saturated carbocycles. The van der Waals surface area contributed by atoms with Crippen molar-refractivity contribution in [2.75, 3.05) is 13.2 Å². The summed E-state index contributed by atoms with van der Waals surface area (Å²) in [6, 6.07) is 3.15. The highest BCUT2D eigenvalue weighted by atomic mass is 79.9. The van der Waals surface area contributed by atoms with Crippen molar-refractivity contribution < 1.29 is 23.0 Å². The average Bonchev–Trinajstić information content (AvgIpc) is 2.26. The number of aliphatic hydroxyl groups is 2. The topological polar surface area (TPSA) is 86.6 Å². The highest BCUT2D eigenvalue weighted by Crippen LogP contribution is 2.22. The van der Waals surface area contributed by atoms with Crippen molar-refractivity contribution >= 4 is 26.0 Å². The molecule has 3 N–H and O–H groups in total. The van der Waals surface area contributed by atoms with Crippen molar-refractivity contribution in [1.29, 1.82) is 0 Å². The quantitative estimate of drug-likeness (QED) is 0.732. The molecule has 18 heavy (non-hydrogen) atoms. The molecule has 1 atom stereocenters. The molecule has 1 aromatic carbocycles. The van der Waals surface area contributed by atoms with Gasteiger partial charge in [0, 0.05) is 11.0 Å². The minimum atomic E-state index is -3.89. The van der Waals surface area contributed by atoms with E-state index >= 15 is 0 Å². The fourth-order valence-electron chi connectivity index (χ4n) is 1.08. The smallest absolute Gasteiger partial charge is 0.241 e. The van der Waals surface area contributed by atoms with Crippen LogP contribution in [0.15, 0.2) is 27.6 Å². The van der Waals surface area contributed by atoms with E-state index in [0.29, 0.717) is 0 Å². The second kappa shape index (κ2) is 5.62. The molecule has 1 rings (SSSR count). The third kappa shape index (κ3) is 3.99. The SMILES string of the molecule is CC(O)(CO)CNS(=O)(=O)c1ccc(F)cc1Br. The van der Waals surface area contributed by atoms with Gasteiger partial charge in [0.1, 0.15) is 5.82 Å². The number of rotatable bonds is 5. The Balaban J connectivity index is 2.94. The summed E-state index contributed by atoms with van der Waals surface area (Å²) >= 11 is 2.95. The van der Waals surface area contributed by atoms with Crippen LogP contribution in [0.3, 0.4) is 0 Å². The molecular formula is C10H13BrFNO4S. The molecule has 1 unspecified atom stereocenters. The van der Waals surface area contributed by atoms with Gasteiger partial charge in [-0.15, -0.1) is 0 Å². The highest BCUT2D eigenvalue weighted by molar-refractivity contribution is 9.10. The lowest BCUT2D eigenvalue weighted by atomic mass is 10.1. The number of halogens is 2. The first-order valence-corrected chi connectivity index (χ1v) is 7.23. The Kier molecular flexibility index (Phi) is 4.84. The molecular weight excluding hydrogens is 329 g/mol. The van der Waals surface area contributed by atoms with Gasteiger partial charge in [-0.2, -0.15) is 0 Å². The van der Waals surface area contributed by atoms with Crippen molar-refractivity contribution in [3.63, 3.8) is 0 Å². The standard InChI is InChI=1S/C10H13BrFNO4S/c1-10(15,6-14)5-13-18(16,17)9-3-2-7(12)4-8(9)11/h2-4,13-15H,5-6H2,1H3. The van der Waals surface area contributed by atoms with Crippen LogP contribution in [-0.4, -0.2) is 37.4 Å². The van der Waals surface area contributed by atoms with Crippen LogP contribution in [0.25, 0.3) is 0 Å². The molecule has 0 aliphatic rings. The maximum Gasteiger partial charge on any atom is 0.241 e. The van der Waals surface area contributed by atoms with Gasteiger partial charge in [0.2, 0.25) is 10.0 Å². The van der Waals surface area contributed by atoms with E-state index in [0.717, 1.165) is 18.2 Å². The lowest BCUT2D eigenvalue weighted by Gasteiger charge is -2.20. The van der Waals surface area contributed by atoms with E-state index < -0.39 is 28.0 Å². The van der Waals surface area contributed by atoms with Gasteiger partial charge in [0.15, 0.2) is 0 Å². The van der Waals surface area contributed by atoms with E-state index in [2.05, 4.69) is 20.7 Å². The number of sulfonamides is 1. The van der Waals surface area contributed by atoms with Crippen molar-refractivity contribution in [2.45, 2.75) is 17.4 Å². The molecule has 0 fully saturated rings. The molecule has 8 heteroatoms.